The van der Waals surface area contributed by atoms with Crippen molar-refractivity contribution in [2.45, 2.75) is 38.2 Å². The van der Waals surface area contributed by atoms with Crippen LogP contribution in [0, 0.1) is 5.92 Å². The number of hydrogen-bond donors (Lipinski definition) is 3. The van der Waals surface area contributed by atoms with Gasteiger partial charge in [-0.25, -0.2) is 5.43 Å². The number of amides is 1. The number of ether oxygens (including phenoxy) is 1. The zero-order valence-electron chi connectivity index (χ0n) is 10.1. The van der Waals surface area contributed by atoms with Crippen LogP contribution in [0.4, 0.5) is 0 Å². The predicted octanol–water partition coefficient (Wildman–Crippen LogP) is 0.287. The topological polar surface area (TPSA) is 87.7 Å². The number of methoxy groups -OCH3 is 1. The van der Waals surface area contributed by atoms with Crippen LogP contribution < -0.4 is 10.9 Å². The maximum Gasteiger partial charge on any atom is 0.304 e. The molecule has 1 rings (SSSR count). The lowest BCUT2D eigenvalue weighted by Crippen LogP contribution is -2.43. The number of hydrazine groups is 1. The molecule has 6 nitrogen and oxygen atoms in total. The fourth-order valence-corrected chi connectivity index (χ4v) is 1.98. The fraction of sp³-hybridized carbons (Fsp3) is 0.818. The van der Waals surface area contributed by atoms with E-state index in [1.807, 2.05) is 0 Å². The maximum atomic E-state index is 11.7. The van der Waals surface area contributed by atoms with E-state index in [0.29, 0.717) is 0 Å². The summed E-state index contributed by atoms with van der Waals surface area (Å²) < 4.78 is 5.23. The van der Waals surface area contributed by atoms with Crippen LogP contribution in [0.2, 0.25) is 0 Å². The van der Waals surface area contributed by atoms with Crippen LogP contribution in [0.15, 0.2) is 0 Å². The van der Waals surface area contributed by atoms with E-state index in [1.165, 1.54) is 0 Å². The third kappa shape index (κ3) is 5.14. The number of hydrogen-bond acceptors (Lipinski definition) is 4. The maximum absolute atomic E-state index is 11.7. The van der Waals surface area contributed by atoms with Crippen LogP contribution in [0.3, 0.4) is 0 Å². The Kier molecular flexibility index (Phi) is 5.93. The molecular formula is C11H20N2O4. The molecule has 17 heavy (non-hydrogen) atoms. The average molecular weight is 244 g/mol. The van der Waals surface area contributed by atoms with Crippen molar-refractivity contribution in [2.75, 3.05) is 13.7 Å². The van der Waals surface area contributed by atoms with Gasteiger partial charge in [-0.2, -0.15) is 0 Å². The molecule has 0 heterocycles. The highest BCUT2D eigenvalue weighted by Gasteiger charge is 2.25. The van der Waals surface area contributed by atoms with Gasteiger partial charge in [-0.3, -0.25) is 15.0 Å². The van der Waals surface area contributed by atoms with Crippen LogP contribution in [-0.2, 0) is 14.3 Å². The molecule has 3 N–H and O–H groups in total. The van der Waals surface area contributed by atoms with Gasteiger partial charge in [-0.15, -0.1) is 0 Å². The second-order valence-electron chi connectivity index (χ2n) is 4.27. The van der Waals surface area contributed by atoms with Gasteiger partial charge in [0.2, 0.25) is 5.91 Å². The van der Waals surface area contributed by atoms with Gasteiger partial charge in [-0.1, -0.05) is 0 Å². The van der Waals surface area contributed by atoms with Crippen molar-refractivity contribution < 1.29 is 19.4 Å². The summed E-state index contributed by atoms with van der Waals surface area (Å²) in [6.45, 7) is 0.245. The highest BCUT2D eigenvalue weighted by molar-refractivity contribution is 5.78. The van der Waals surface area contributed by atoms with E-state index in [9.17, 15) is 9.59 Å². The van der Waals surface area contributed by atoms with Gasteiger partial charge in [0.1, 0.15) is 0 Å². The van der Waals surface area contributed by atoms with E-state index in [4.69, 9.17) is 9.84 Å². The molecule has 0 aromatic heterocycles. The number of aliphatic carboxylic acids is 1. The lowest BCUT2D eigenvalue weighted by atomic mass is 9.87. The summed E-state index contributed by atoms with van der Waals surface area (Å²) in [5, 5.41) is 8.42. The molecule has 0 aromatic carbocycles. The first-order valence-corrected chi connectivity index (χ1v) is 5.90. The van der Waals surface area contributed by atoms with Gasteiger partial charge in [0.25, 0.3) is 0 Å². The van der Waals surface area contributed by atoms with E-state index in [2.05, 4.69) is 10.9 Å². The molecule has 0 aliphatic heterocycles. The summed E-state index contributed by atoms with van der Waals surface area (Å²) in [5.41, 5.74) is 5.17. The van der Waals surface area contributed by atoms with Crippen molar-refractivity contribution >= 4 is 11.9 Å². The van der Waals surface area contributed by atoms with Gasteiger partial charge in [0.15, 0.2) is 0 Å². The molecule has 6 heteroatoms. The highest BCUT2D eigenvalue weighted by Crippen LogP contribution is 2.25. The Bertz CT molecular complexity index is 262. The fourth-order valence-electron chi connectivity index (χ4n) is 1.98. The van der Waals surface area contributed by atoms with Crippen molar-refractivity contribution in [3.05, 3.63) is 0 Å². The Morgan fingerprint density at radius 1 is 1.29 bits per heavy atom. The molecule has 0 aromatic rings. The van der Waals surface area contributed by atoms with Crippen molar-refractivity contribution in [1.29, 1.82) is 0 Å². The van der Waals surface area contributed by atoms with Gasteiger partial charge in [0.05, 0.1) is 12.5 Å². The Hall–Kier alpha value is -1.14. The van der Waals surface area contributed by atoms with Crippen molar-refractivity contribution in [2.24, 2.45) is 5.92 Å². The van der Waals surface area contributed by atoms with E-state index in [1.54, 1.807) is 7.11 Å². The molecule has 98 valence electrons. The SMILES string of the molecule is COC1CCC(C(=O)NNCCC(=O)O)CC1. The normalized spacial score (nSPS) is 24.3. The van der Waals surface area contributed by atoms with Crippen molar-refractivity contribution in [3.63, 3.8) is 0 Å². The number of carboxylic acid groups (broad SMARTS) is 1. The molecule has 0 saturated heterocycles. The van der Waals surface area contributed by atoms with Crippen LogP contribution in [0.5, 0.6) is 0 Å². The Morgan fingerprint density at radius 2 is 1.94 bits per heavy atom. The average Bonchev–Trinajstić information content (AvgIpc) is 2.34. The van der Waals surface area contributed by atoms with Gasteiger partial charge < -0.3 is 9.84 Å². The molecule has 0 radical (unpaired) electrons. The van der Waals surface area contributed by atoms with E-state index in [0.717, 1.165) is 25.7 Å². The standard InChI is InChI=1S/C11H20N2O4/c1-17-9-4-2-8(3-5-9)11(16)13-12-7-6-10(14)15/h8-9,12H,2-7H2,1H3,(H,13,16)(H,14,15). The molecule has 0 unspecified atom stereocenters. The quantitative estimate of drug-likeness (QED) is 0.461. The van der Waals surface area contributed by atoms with Crippen molar-refractivity contribution in [3.8, 4) is 0 Å². The first-order chi connectivity index (χ1) is 8.13. The lowest BCUT2D eigenvalue weighted by Gasteiger charge is -2.26. The molecule has 1 saturated carbocycles. The van der Waals surface area contributed by atoms with Crippen LogP contribution in [0.25, 0.3) is 0 Å². The summed E-state index contributed by atoms with van der Waals surface area (Å²) in [5.74, 6) is -0.920. The number of carboxylic acids is 1. The number of nitrogens with one attached hydrogen (secondary N) is 2. The third-order valence-corrected chi connectivity index (χ3v) is 3.05. The van der Waals surface area contributed by atoms with E-state index in [-0.39, 0.29) is 30.9 Å². The summed E-state index contributed by atoms with van der Waals surface area (Å²) in [7, 11) is 1.69. The minimum Gasteiger partial charge on any atom is -0.481 e. The van der Waals surface area contributed by atoms with E-state index >= 15 is 0 Å². The van der Waals surface area contributed by atoms with Gasteiger partial charge in [-0.05, 0) is 25.7 Å². The summed E-state index contributed by atoms with van der Waals surface area (Å²) in [6.07, 6.45) is 3.74. The number of rotatable bonds is 6. The molecule has 0 spiro atoms. The summed E-state index contributed by atoms with van der Waals surface area (Å²) in [6, 6.07) is 0. The zero-order valence-corrected chi connectivity index (χ0v) is 10.1. The highest BCUT2D eigenvalue weighted by atomic mass is 16.5. The summed E-state index contributed by atoms with van der Waals surface area (Å²) >= 11 is 0. The number of carbonyl (C=O) groups is 2. The minimum absolute atomic E-state index is 0.00328. The van der Waals surface area contributed by atoms with Gasteiger partial charge in [0, 0.05) is 19.6 Å². The third-order valence-electron chi connectivity index (χ3n) is 3.05. The second kappa shape index (κ2) is 7.24. The second-order valence-corrected chi connectivity index (χ2v) is 4.27. The lowest BCUT2D eigenvalue weighted by molar-refractivity contribution is -0.137. The van der Waals surface area contributed by atoms with Crippen LogP contribution in [0.1, 0.15) is 32.1 Å². The molecule has 1 aliphatic carbocycles. The van der Waals surface area contributed by atoms with Crippen LogP contribution in [-0.4, -0.2) is 36.7 Å². The molecular weight excluding hydrogens is 224 g/mol. The first-order valence-electron chi connectivity index (χ1n) is 5.90. The zero-order chi connectivity index (χ0) is 12.7. The Morgan fingerprint density at radius 3 is 2.47 bits per heavy atom. The molecule has 1 aliphatic rings. The molecule has 0 bridgehead atoms. The first kappa shape index (κ1) is 13.9. The number of carbonyl (C=O) groups excluding carboxylic acids is 1. The Balaban J connectivity index is 2.14. The molecule has 1 amide bonds. The predicted molar refractivity (Wildman–Crippen MR) is 61.2 cm³/mol. The molecule has 0 atom stereocenters. The van der Waals surface area contributed by atoms with Gasteiger partial charge >= 0.3 is 5.97 Å². The van der Waals surface area contributed by atoms with Crippen molar-refractivity contribution in [1.82, 2.24) is 10.9 Å². The minimum atomic E-state index is -0.882. The molecule has 1 fully saturated rings. The smallest absolute Gasteiger partial charge is 0.304 e. The van der Waals surface area contributed by atoms with Crippen LogP contribution >= 0.6 is 0 Å². The Labute approximate surface area is 101 Å². The summed E-state index contributed by atoms with van der Waals surface area (Å²) in [4.78, 5) is 21.9. The monoisotopic (exact) mass is 244 g/mol. The largest absolute Gasteiger partial charge is 0.481 e. The van der Waals surface area contributed by atoms with E-state index < -0.39 is 5.97 Å².